The van der Waals surface area contributed by atoms with Crippen LogP contribution in [0.25, 0.3) is 22.1 Å². The van der Waals surface area contributed by atoms with E-state index in [-0.39, 0.29) is 11.0 Å². The van der Waals surface area contributed by atoms with Crippen molar-refractivity contribution in [3.8, 4) is 17.4 Å². The Morgan fingerprint density at radius 1 is 1.11 bits per heavy atom. The number of oxazole rings is 1. The summed E-state index contributed by atoms with van der Waals surface area (Å²) in [6.45, 7) is 0. The maximum Gasteiger partial charge on any atom is 0.293 e. The van der Waals surface area contributed by atoms with Gasteiger partial charge in [0.05, 0.1) is 0 Å². The lowest BCUT2D eigenvalue weighted by Crippen LogP contribution is -1.82. The summed E-state index contributed by atoms with van der Waals surface area (Å²) in [5.74, 6) is 0.416. The van der Waals surface area contributed by atoms with E-state index in [1.54, 1.807) is 0 Å². The molecule has 0 saturated heterocycles. The Labute approximate surface area is 108 Å². The van der Waals surface area contributed by atoms with Crippen molar-refractivity contribution in [1.82, 2.24) is 4.98 Å². The maximum atomic E-state index is 9.03. The van der Waals surface area contributed by atoms with E-state index in [0.717, 1.165) is 16.3 Å². The highest BCUT2D eigenvalue weighted by molar-refractivity contribution is 6.27. The smallest absolute Gasteiger partial charge is 0.293 e. The van der Waals surface area contributed by atoms with Gasteiger partial charge < -0.3 is 4.42 Å². The van der Waals surface area contributed by atoms with Gasteiger partial charge in [-0.25, -0.2) is 0 Å². The van der Waals surface area contributed by atoms with Crippen LogP contribution in [0.1, 0.15) is 5.69 Å². The lowest BCUT2D eigenvalue weighted by Gasteiger charge is -2.03. The summed E-state index contributed by atoms with van der Waals surface area (Å²) in [5, 5.41) is 11.1. The lowest BCUT2D eigenvalue weighted by molar-refractivity contribution is 0.574. The number of rotatable bonds is 1. The van der Waals surface area contributed by atoms with Gasteiger partial charge in [0.25, 0.3) is 5.35 Å². The molecule has 0 bridgehead atoms. The van der Waals surface area contributed by atoms with Crippen LogP contribution in [-0.4, -0.2) is 4.98 Å². The monoisotopic (exact) mass is 254 g/mol. The first-order valence-corrected chi connectivity index (χ1v) is 5.72. The standard InChI is InChI=1S/C14H7ClN2O/c15-14-17-12(8-16)13(18-14)11-7-3-5-9-4-1-2-6-10(9)11/h1-7H. The SMILES string of the molecule is N#Cc1nc(Cl)oc1-c1cccc2ccccc12. The van der Waals surface area contributed by atoms with Crippen molar-refractivity contribution in [2.45, 2.75) is 0 Å². The van der Waals surface area contributed by atoms with E-state index in [2.05, 4.69) is 4.98 Å². The zero-order valence-electron chi connectivity index (χ0n) is 9.22. The van der Waals surface area contributed by atoms with E-state index in [0.29, 0.717) is 5.76 Å². The number of nitriles is 1. The zero-order valence-corrected chi connectivity index (χ0v) is 9.98. The number of fused-ring (bicyclic) bond motifs is 1. The molecule has 0 saturated carbocycles. The lowest BCUT2D eigenvalue weighted by atomic mass is 10.0. The molecule has 2 aromatic carbocycles. The molecule has 0 aliphatic carbocycles. The molecule has 3 rings (SSSR count). The van der Waals surface area contributed by atoms with Crippen molar-refractivity contribution in [2.24, 2.45) is 0 Å². The van der Waals surface area contributed by atoms with E-state index in [1.807, 2.05) is 48.5 Å². The molecule has 1 aromatic heterocycles. The third kappa shape index (κ3) is 1.64. The van der Waals surface area contributed by atoms with Crippen molar-refractivity contribution in [2.75, 3.05) is 0 Å². The van der Waals surface area contributed by atoms with Crippen LogP contribution in [0.2, 0.25) is 5.35 Å². The molecule has 4 heteroatoms. The molecule has 0 aliphatic heterocycles. The third-order valence-electron chi connectivity index (χ3n) is 2.74. The van der Waals surface area contributed by atoms with Crippen LogP contribution >= 0.6 is 11.6 Å². The van der Waals surface area contributed by atoms with E-state index < -0.39 is 0 Å². The van der Waals surface area contributed by atoms with Gasteiger partial charge in [0.2, 0.25) is 0 Å². The molecular formula is C14H7ClN2O. The first-order valence-electron chi connectivity index (χ1n) is 5.34. The van der Waals surface area contributed by atoms with Gasteiger partial charge >= 0.3 is 0 Å². The van der Waals surface area contributed by atoms with E-state index in [4.69, 9.17) is 21.3 Å². The number of halogens is 1. The normalized spacial score (nSPS) is 10.4. The molecule has 0 fully saturated rings. The van der Waals surface area contributed by atoms with Gasteiger partial charge in [0.1, 0.15) is 6.07 Å². The van der Waals surface area contributed by atoms with Gasteiger partial charge in [-0.05, 0) is 22.4 Å². The molecule has 0 N–H and O–H groups in total. The fraction of sp³-hybridized carbons (Fsp3) is 0. The van der Waals surface area contributed by atoms with E-state index >= 15 is 0 Å². The summed E-state index contributed by atoms with van der Waals surface area (Å²) in [4.78, 5) is 3.85. The molecule has 86 valence electrons. The van der Waals surface area contributed by atoms with Crippen molar-refractivity contribution in [1.29, 1.82) is 5.26 Å². The van der Waals surface area contributed by atoms with Crippen LogP contribution in [0.15, 0.2) is 46.9 Å². The van der Waals surface area contributed by atoms with Gasteiger partial charge in [0, 0.05) is 5.56 Å². The molecule has 1 heterocycles. The van der Waals surface area contributed by atoms with Crippen molar-refractivity contribution < 1.29 is 4.42 Å². The molecule has 18 heavy (non-hydrogen) atoms. The van der Waals surface area contributed by atoms with Crippen LogP contribution in [-0.2, 0) is 0 Å². The summed E-state index contributed by atoms with van der Waals surface area (Å²) in [5.41, 5.74) is 1.03. The van der Waals surface area contributed by atoms with Crippen molar-refractivity contribution in [3.05, 3.63) is 53.5 Å². The largest absolute Gasteiger partial charge is 0.426 e. The molecule has 0 spiro atoms. The Hall–Kier alpha value is -2.31. The minimum absolute atomic E-state index is 0.0190. The van der Waals surface area contributed by atoms with Gasteiger partial charge in [-0.3, -0.25) is 0 Å². The highest BCUT2D eigenvalue weighted by Gasteiger charge is 2.15. The second kappa shape index (κ2) is 4.17. The molecular weight excluding hydrogens is 248 g/mol. The second-order valence-electron chi connectivity index (χ2n) is 3.78. The van der Waals surface area contributed by atoms with Gasteiger partial charge in [-0.1, -0.05) is 42.5 Å². The summed E-state index contributed by atoms with van der Waals surface area (Å²) in [6.07, 6.45) is 0. The fourth-order valence-corrected chi connectivity index (χ4v) is 2.14. The second-order valence-corrected chi connectivity index (χ2v) is 4.11. The van der Waals surface area contributed by atoms with Crippen molar-refractivity contribution in [3.63, 3.8) is 0 Å². The topological polar surface area (TPSA) is 49.8 Å². The number of aromatic nitrogens is 1. The average Bonchev–Trinajstić information content (AvgIpc) is 2.79. The Morgan fingerprint density at radius 2 is 1.89 bits per heavy atom. The zero-order chi connectivity index (χ0) is 12.5. The Kier molecular flexibility index (Phi) is 2.51. The van der Waals surface area contributed by atoms with Crippen LogP contribution < -0.4 is 0 Å². The van der Waals surface area contributed by atoms with Gasteiger partial charge in [-0.2, -0.15) is 10.2 Å². The van der Waals surface area contributed by atoms with Crippen LogP contribution in [0.4, 0.5) is 0 Å². The summed E-state index contributed by atoms with van der Waals surface area (Å²) < 4.78 is 5.33. The number of hydrogen-bond donors (Lipinski definition) is 0. The first-order chi connectivity index (χ1) is 8.79. The quantitative estimate of drug-likeness (QED) is 0.659. The van der Waals surface area contributed by atoms with Gasteiger partial charge in [0.15, 0.2) is 11.5 Å². The van der Waals surface area contributed by atoms with Crippen LogP contribution in [0, 0.1) is 11.3 Å². The Morgan fingerprint density at radius 3 is 2.72 bits per heavy atom. The highest BCUT2D eigenvalue weighted by Crippen LogP contribution is 2.32. The van der Waals surface area contributed by atoms with Crippen LogP contribution in [0.5, 0.6) is 0 Å². The fourth-order valence-electron chi connectivity index (χ4n) is 1.98. The average molecular weight is 255 g/mol. The molecule has 0 aliphatic rings. The first kappa shape index (κ1) is 10.8. The molecule has 3 aromatic rings. The molecule has 0 amide bonds. The van der Waals surface area contributed by atoms with E-state index in [9.17, 15) is 0 Å². The molecule has 0 atom stereocenters. The van der Waals surface area contributed by atoms with Crippen molar-refractivity contribution >= 4 is 22.4 Å². The summed E-state index contributed by atoms with van der Waals surface area (Å²) in [6, 6.07) is 15.7. The van der Waals surface area contributed by atoms with Crippen LogP contribution in [0.3, 0.4) is 0 Å². The van der Waals surface area contributed by atoms with E-state index in [1.165, 1.54) is 0 Å². The number of benzene rings is 2. The number of nitrogens with zero attached hydrogens (tertiary/aromatic N) is 2. The summed E-state index contributed by atoms with van der Waals surface area (Å²) in [7, 11) is 0. The highest BCUT2D eigenvalue weighted by atomic mass is 35.5. The van der Waals surface area contributed by atoms with Gasteiger partial charge in [-0.15, -0.1) is 0 Å². The number of hydrogen-bond acceptors (Lipinski definition) is 3. The maximum absolute atomic E-state index is 9.03. The third-order valence-corrected chi connectivity index (χ3v) is 2.90. The predicted molar refractivity (Wildman–Crippen MR) is 69.2 cm³/mol. The molecule has 0 radical (unpaired) electrons. The predicted octanol–water partition coefficient (Wildman–Crippen LogP) is 4.02. The Bertz CT molecular complexity index is 766. The molecule has 0 unspecified atom stereocenters. The minimum Gasteiger partial charge on any atom is -0.426 e. The molecule has 3 nitrogen and oxygen atoms in total. The Balaban J connectivity index is 2.35. The summed E-state index contributed by atoms with van der Waals surface area (Å²) >= 11 is 5.72. The minimum atomic E-state index is -0.0190.